The molecule has 0 atom stereocenters. The summed E-state index contributed by atoms with van der Waals surface area (Å²) < 4.78 is 0. The van der Waals surface area contributed by atoms with E-state index in [-0.39, 0.29) is 11.8 Å². The van der Waals surface area contributed by atoms with E-state index in [4.69, 9.17) is 0 Å². The normalized spacial score (nSPS) is 10.1. The van der Waals surface area contributed by atoms with Gasteiger partial charge < -0.3 is 10.6 Å². The zero-order valence-electron chi connectivity index (χ0n) is 13.8. The second-order valence-electron chi connectivity index (χ2n) is 5.63. The van der Waals surface area contributed by atoms with Crippen molar-refractivity contribution in [3.05, 3.63) is 95.6 Å². The molecule has 0 radical (unpaired) electrons. The maximum atomic E-state index is 12.6. The number of hydrogen-bond donors (Lipinski definition) is 2. The van der Waals surface area contributed by atoms with Gasteiger partial charge in [-0.1, -0.05) is 48.5 Å². The van der Waals surface area contributed by atoms with Crippen molar-refractivity contribution in [2.75, 3.05) is 10.6 Å². The lowest BCUT2D eigenvalue weighted by Crippen LogP contribution is -2.18. The standard InChI is InChI=1S/C21H18N2O2/c1-15-9-5-6-12-17(15)20(24)23-19-14-8-7-13-18(19)21(25)22-16-10-3-2-4-11-16/h2-14H,1H3,(H,22,25)(H,23,24). The largest absolute Gasteiger partial charge is 0.322 e. The van der Waals surface area contributed by atoms with Crippen LogP contribution in [0.25, 0.3) is 0 Å². The van der Waals surface area contributed by atoms with E-state index >= 15 is 0 Å². The summed E-state index contributed by atoms with van der Waals surface area (Å²) in [7, 11) is 0. The maximum absolute atomic E-state index is 12.6. The molecular weight excluding hydrogens is 312 g/mol. The Morgan fingerprint density at radius 1 is 0.640 bits per heavy atom. The molecule has 0 bridgehead atoms. The molecule has 0 unspecified atom stereocenters. The first-order chi connectivity index (χ1) is 12.1. The molecule has 0 fully saturated rings. The first-order valence-electron chi connectivity index (χ1n) is 7.97. The monoisotopic (exact) mass is 330 g/mol. The van der Waals surface area contributed by atoms with Crippen molar-refractivity contribution in [3.8, 4) is 0 Å². The van der Waals surface area contributed by atoms with Gasteiger partial charge in [0.1, 0.15) is 0 Å². The minimum atomic E-state index is -0.271. The highest BCUT2D eigenvalue weighted by molar-refractivity contribution is 6.12. The Morgan fingerprint density at radius 3 is 1.92 bits per heavy atom. The number of carbonyl (C=O) groups excluding carboxylic acids is 2. The third-order valence-corrected chi connectivity index (χ3v) is 3.84. The lowest BCUT2D eigenvalue weighted by atomic mass is 10.1. The van der Waals surface area contributed by atoms with Crippen LogP contribution in [0.2, 0.25) is 0 Å². The van der Waals surface area contributed by atoms with Crippen molar-refractivity contribution in [1.29, 1.82) is 0 Å². The molecule has 0 aliphatic rings. The first-order valence-corrected chi connectivity index (χ1v) is 7.97. The van der Waals surface area contributed by atoms with E-state index in [1.165, 1.54) is 0 Å². The molecule has 0 spiro atoms. The average molecular weight is 330 g/mol. The van der Waals surface area contributed by atoms with Gasteiger partial charge >= 0.3 is 0 Å². The van der Waals surface area contributed by atoms with Gasteiger partial charge in [0.25, 0.3) is 11.8 Å². The van der Waals surface area contributed by atoms with Gasteiger partial charge in [-0.25, -0.2) is 0 Å². The van der Waals surface area contributed by atoms with E-state index in [9.17, 15) is 9.59 Å². The Kier molecular flexibility index (Phi) is 4.90. The van der Waals surface area contributed by atoms with Gasteiger partial charge in [0.15, 0.2) is 0 Å². The zero-order chi connectivity index (χ0) is 17.6. The van der Waals surface area contributed by atoms with Crippen molar-refractivity contribution >= 4 is 23.2 Å². The van der Waals surface area contributed by atoms with Gasteiger partial charge in [0.05, 0.1) is 11.3 Å². The molecule has 0 aliphatic heterocycles. The Bertz CT molecular complexity index is 905. The maximum Gasteiger partial charge on any atom is 0.257 e. The summed E-state index contributed by atoms with van der Waals surface area (Å²) in [4.78, 5) is 25.1. The number of nitrogens with one attached hydrogen (secondary N) is 2. The van der Waals surface area contributed by atoms with Crippen LogP contribution >= 0.6 is 0 Å². The molecule has 3 rings (SSSR count). The minimum Gasteiger partial charge on any atom is -0.322 e. The van der Waals surface area contributed by atoms with Crippen molar-refractivity contribution in [2.24, 2.45) is 0 Å². The molecule has 2 amide bonds. The summed E-state index contributed by atoms with van der Waals surface area (Å²) in [5, 5.41) is 5.67. The number of aryl methyl sites for hydroxylation is 1. The van der Waals surface area contributed by atoms with Crippen LogP contribution in [0.1, 0.15) is 26.3 Å². The molecule has 0 aromatic heterocycles. The van der Waals surface area contributed by atoms with E-state index in [2.05, 4.69) is 10.6 Å². The average Bonchev–Trinajstić information content (AvgIpc) is 2.63. The smallest absolute Gasteiger partial charge is 0.257 e. The van der Waals surface area contributed by atoms with Gasteiger partial charge in [-0.05, 0) is 42.8 Å². The Morgan fingerprint density at radius 2 is 1.20 bits per heavy atom. The third kappa shape index (κ3) is 3.93. The van der Waals surface area contributed by atoms with E-state index in [1.807, 2.05) is 55.5 Å². The van der Waals surface area contributed by atoms with Crippen molar-refractivity contribution in [3.63, 3.8) is 0 Å². The number of rotatable bonds is 4. The quantitative estimate of drug-likeness (QED) is 0.740. The third-order valence-electron chi connectivity index (χ3n) is 3.84. The summed E-state index contributed by atoms with van der Waals surface area (Å²) in [6, 6.07) is 23.5. The lowest BCUT2D eigenvalue weighted by molar-refractivity contribution is 0.102. The van der Waals surface area contributed by atoms with Crippen molar-refractivity contribution in [2.45, 2.75) is 6.92 Å². The Balaban J connectivity index is 1.82. The van der Waals surface area contributed by atoms with Crippen LogP contribution in [-0.4, -0.2) is 11.8 Å². The zero-order valence-corrected chi connectivity index (χ0v) is 13.8. The van der Waals surface area contributed by atoms with E-state index in [0.29, 0.717) is 22.5 Å². The SMILES string of the molecule is Cc1ccccc1C(=O)Nc1ccccc1C(=O)Nc1ccccc1. The minimum absolute atomic E-state index is 0.238. The second kappa shape index (κ2) is 7.45. The predicted octanol–water partition coefficient (Wildman–Crippen LogP) is 4.50. The fourth-order valence-electron chi connectivity index (χ4n) is 2.53. The van der Waals surface area contributed by atoms with Gasteiger partial charge in [0, 0.05) is 11.3 Å². The summed E-state index contributed by atoms with van der Waals surface area (Å²) in [5.74, 6) is -0.509. The second-order valence-corrected chi connectivity index (χ2v) is 5.63. The number of para-hydroxylation sites is 2. The van der Waals surface area contributed by atoms with E-state index in [0.717, 1.165) is 5.56 Å². The number of anilines is 2. The topological polar surface area (TPSA) is 58.2 Å². The molecular formula is C21H18N2O2. The number of hydrogen-bond acceptors (Lipinski definition) is 2. The molecule has 4 nitrogen and oxygen atoms in total. The van der Waals surface area contributed by atoms with Gasteiger partial charge in [-0.3, -0.25) is 9.59 Å². The lowest BCUT2D eigenvalue weighted by Gasteiger charge is -2.12. The molecule has 3 aromatic carbocycles. The van der Waals surface area contributed by atoms with Crippen LogP contribution in [0, 0.1) is 6.92 Å². The van der Waals surface area contributed by atoms with Crippen LogP contribution < -0.4 is 10.6 Å². The van der Waals surface area contributed by atoms with Crippen LogP contribution in [0.5, 0.6) is 0 Å². The van der Waals surface area contributed by atoms with Gasteiger partial charge in [-0.2, -0.15) is 0 Å². The highest BCUT2D eigenvalue weighted by Gasteiger charge is 2.15. The summed E-state index contributed by atoms with van der Waals surface area (Å²) in [6.07, 6.45) is 0. The van der Waals surface area contributed by atoms with Crippen molar-refractivity contribution < 1.29 is 9.59 Å². The van der Waals surface area contributed by atoms with Crippen LogP contribution in [0.15, 0.2) is 78.9 Å². The van der Waals surface area contributed by atoms with Gasteiger partial charge in [-0.15, -0.1) is 0 Å². The number of carbonyl (C=O) groups is 2. The van der Waals surface area contributed by atoms with Crippen LogP contribution in [0.3, 0.4) is 0 Å². The first kappa shape index (κ1) is 16.5. The highest BCUT2D eigenvalue weighted by Crippen LogP contribution is 2.19. The van der Waals surface area contributed by atoms with E-state index < -0.39 is 0 Å². The predicted molar refractivity (Wildman–Crippen MR) is 100.0 cm³/mol. The highest BCUT2D eigenvalue weighted by atomic mass is 16.2. The van der Waals surface area contributed by atoms with Crippen molar-refractivity contribution in [1.82, 2.24) is 0 Å². The Labute approximate surface area is 146 Å². The fraction of sp³-hybridized carbons (Fsp3) is 0.0476. The molecule has 0 saturated carbocycles. The molecule has 25 heavy (non-hydrogen) atoms. The number of amides is 2. The van der Waals surface area contributed by atoms with E-state index in [1.54, 1.807) is 30.3 Å². The molecule has 0 heterocycles. The van der Waals surface area contributed by atoms with Gasteiger partial charge in [0.2, 0.25) is 0 Å². The Hall–Kier alpha value is -3.40. The molecule has 124 valence electrons. The molecule has 2 N–H and O–H groups in total. The van der Waals surface area contributed by atoms with Crippen LogP contribution in [-0.2, 0) is 0 Å². The number of benzene rings is 3. The fourth-order valence-corrected chi connectivity index (χ4v) is 2.53. The summed E-state index contributed by atoms with van der Waals surface area (Å²) in [5.41, 5.74) is 3.05. The molecule has 4 heteroatoms. The molecule has 0 aliphatic carbocycles. The summed E-state index contributed by atoms with van der Waals surface area (Å²) in [6.45, 7) is 1.88. The molecule has 0 saturated heterocycles. The molecule has 3 aromatic rings. The summed E-state index contributed by atoms with van der Waals surface area (Å²) >= 11 is 0. The van der Waals surface area contributed by atoms with Crippen LogP contribution in [0.4, 0.5) is 11.4 Å².